The molecule has 10 atom stereocenters. The summed E-state index contributed by atoms with van der Waals surface area (Å²) < 4.78 is 16.4. The first-order valence-electron chi connectivity index (χ1n) is 8.05. The van der Waals surface area contributed by atoms with Crippen LogP contribution in [0.15, 0.2) is 12.3 Å². The molecule has 0 amide bonds. The van der Waals surface area contributed by atoms with E-state index in [4.69, 9.17) is 14.2 Å². The Labute approximate surface area is 138 Å². The molecular formula is C15H24O9. The Balaban J connectivity index is 1.73. The molecule has 1 saturated carbocycles. The van der Waals surface area contributed by atoms with E-state index in [1.54, 1.807) is 6.08 Å². The van der Waals surface area contributed by atoms with Crippen LogP contribution in [0.4, 0.5) is 0 Å². The van der Waals surface area contributed by atoms with E-state index in [2.05, 4.69) is 0 Å². The number of aliphatic hydroxyl groups is 6. The average molecular weight is 348 g/mol. The van der Waals surface area contributed by atoms with Gasteiger partial charge in [-0.2, -0.15) is 0 Å². The number of rotatable bonds is 4. The molecule has 24 heavy (non-hydrogen) atoms. The van der Waals surface area contributed by atoms with E-state index in [0.717, 1.165) is 0 Å². The van der Waals surface area contributed by atoms with E-state index in [0.29, 0.717) is 6.42 Å². The zero-order valence-electron chi connectivity index (χ0n) is 13.0. The minimum atomic E-state index is -1.54. The van der Waals surface area contributed by atoms with Crippen LogP contribution in [-0.2, 0) is 14.2 Å². The lowest BCUT2D eigenvalue weighted by molar-refractivity contribution is -0.342. The highest BCUT2D eigenvalue weighted by molar-refractivity contribution is 5.05. The van der Waals surface area contributed by atoms with Crippen LogP contribution >= 0.6 is 0 Å². The van der Waals surface area contributed by atoms with Crippen LogP contribution in [0.5, 0.6) is 0 Å². The van der Waals surface area contributed by atoms with Gasteiger partial charge in [-0.1, -0.05) is 0 Å². The second-order valence-corrected chi connectivity index (χ2v) is 6.57. The molecule has 0 aromatic heterocycles. The van der Waals surface area contributed by atoms with Crippen LogP contribution in [-0.4, -0.2) is 87.0 Å². The van der Waals surface area contributed by atoms with Crippen molar-refractivity contribution in [1.82, 2.24) is 0 Å². The van der Waals surface area contributed by atoms with Crippen LogP contribution in [0.1, 0.15) is 6.42 Å². The summed E-state index contributed by atoms with van der Waals surface area (Å²) in [5.74, 6) is -0.849. The third kappa shape index (κ3) is 3.06. The van der Waals surface area contributed by atoms with Crippen LogP contribution < -0.4 is 0 Å². The SMILES string of the molecule is OCC1CC(O)C2C=COC(OC3OC(CO)C(O)C(O)C3O)C12. The lowest BCUT2D eigenvalue weighted by Gasteiger charge is -2.42. The fourth-order valence-corrected chi connectivity index (χ4v) is 3.79. The van der Waals surface area contributed by atoms with Gasteiger partial charge in [-0.3, -0.25) is 0 Å². The molecule has 6 N–H and O–H groups in total. The molecule has 1 aliphatic carbocycles. The van der Waals surface area contributed by atoms with Crippen molar-refractivity contribution >= 4 is 0 Å². The Morgan fingerprint density at radius 1 is 0.958 bits per heavy atom. The molecule has 0 bridgehead atoms. The predicted octanol–water partition coefficient (Wildman–Crippen LogP) is -2.72. The number of aliphatic hydroxyl groups excluding tert-OH is 6. The zero-order valence-corrected chi connectivity index (χ0v) is 13.0. The van der Waals surface area contributed by atoms with Crippen molar-refractivity contribution in [1.29, 1.82) is 0 Å². The summed E-state index contributed by atoms with van der Waals surface area (Å²) in [6, 6.07) is 0. The Bertz CT molecular complexity index is 456. The molecule has 3 rings (SSSR count). The van der Waals surface area contributed by atoms with Gasteiger partial charge in [0, 0.05) is 18.4 Å². The van der Waals surface area contributed by atoms with E-state index in [9.17, 15) is 30.6 Å². The van der Waals surface area contributed by atoms with E-state index >= 15 is 0 Å². The Morgan fingerprint density at radius 2 is 1.71 bits per heavy atom. The summed E-state index contributed by atoms with van der Waals surface area (Å²) in [7, 11) is 0. The highest BCUT2D eigenvalue weighted by Crippen LogP contribution is 2.44. The average Bonchev–Trinajstić information content (AvgIpc) is 2.92. The molecule has 0 aromatic carbocycles. The van der Waals surface area contributed by atoms with Crippen molar-refractivity contribution < 1.29 is 44.8 Å². The molecule has 10 unspecified atom stereocenters. The smallest absolute Gasteiger partial charge is 0.205 e. The van der Waals surface area contributed by atoms with Crippen molar-refractivity contribution in [2.45, 2.75) is 49.5 Å². The molecule has 1 saturated heterocycles. The third-order valence-electron chi connectivity index (χ3n) is 5.16. The molecule has 3 aliphatic rings. The van der Waals surface area contributed by atoms with Gasteiger partial charge in [-0.15, -0.1) is 0 Å². The van der Waals surface area contributed by atoms with Crippen LogP contribution in [0.25, 0.3) is 0 Å². The van der Waals surface area contributed by atoms with Gasteiger partial charge in [0.25, 0.3) is 0 Å². The topological polar surface area (TPSA) is 149 Å². The Hall–Kier alpha value is -0.780. The van der Waals surface area contributed by atoms with Gasteiger partial charge in [0.2, 0.25) is 6.29 Å². The maximum atomic E-state index is 10.1. The predicted molar refractivity (Wildman–Crippen MR) is 77.0 cm³/mol. The highest BCUT2D eigenvalue weighted by Gasteiger charge is 2.51. The molecule has 0 aromatic rings. The molecule has 9 nitrogen and oxygen atoms in total. The standard InChI is InChI=1S/C15H24O9/c16-4-6-3-8(18)7-1-2-22-14(10(6)7)24-15-13(21)12(20)11(19)9(5-17)23-15/h1-2,6-21H,3-5H2. The van der Waals surface area contributed by atoms with Gasteiger partial charge in [0.15, 0.2) is 6.29 Å². The van der Waals surface area contributed by atoms with Gasteiger partial charge in [0.1, 0.15) is 24.4 Å². The van der Waals surface area contributed by atoms with E-state index < -0.39 is 49.7 Å². The zero-order chi connectivity index (χ0) is 17.4. The van der Waals surface area contributed by atoms with Crippen molar-refractivity contribution in [3.05, 3.63) is 12.3 Å². The number of fused-ring (bicyclic) bond motifs is 1. The number of hydrogen-bond donors (Lipinski definition) is 6. The lowest BCUT2D eigenvalue weighted by atomic mass is 9.87. The summed E-state index contributed by atoms with van der Waals surface area (Å²) in [5, 5.41) is 58.5. The third-order valence-corrected chi connectivity index (χ3v) is 5.16. The van der Waals surface area contributed by atoms with Crippen LogP contribution in [0.3, 0.4) is 0 Å². The Kier molecular flexibility index (Phi) is 5.42. The van der Waals surface area contributed by atoms with Crippen molar-refractivity contribution in [2.24, 2.45) is 17.8 Å². The number of hydrogen-bond acceptors (Lipinski definition) is 9. The highest BCUT2D eigenvalue weighted by atomic mass is 16.8. The first-order valence-corrected chi connectivity index (χ1v) is 8.05. The van der Waals surface area contributed by atoms with Crippen molar-refractivity contribution in [2.75, 3.05) is 13.2 Å². The fraction of sp³-hybridized carbons (Fsp3) is 0.867. The van der Waals surface area contributed by atoms with Gasteiger partial charge < -0.3 is 44.8 Å². The van der Waals surface area contributed by atoms with Gasteiger partial charge in [-0.05, 0) is 18.4 Å². The maximum Gasteiger partial charge on any atom is 0.205 e. The second kappa shape index (κ2) is 7.22. The maximum absolute atomic E-state index is 10.1. The minimum Gasteiger partial charge on any atom is -0.472 e. The summed E-state index contributed by atoms with van der Waals surface area (Å²) >= 11 is 0. The van der Waals surface area contributed by atoms with E-state index in [1.807, 2.05) is 0 Å². The quantitative estimate of drug-likeness (QED) is 0.318. The fourth-order valence-electron chi connectivity index (χ4n) is 3.79. The molecule has 2 heterocycles. The van der Waals surface area contributed by atoms with Crippen LogP contribution in [0, 0.1) is 17.8 Å². The molecule has 0 radical (unpaired) electrons. The summed E-state index contributed by atoms with van der Waals surface area (Å²) in [6.45, 7) is -0.704. The molecular weight excluding hydrogens is 324 g/mol. The normalized spacial score (nSPS) is 51.2. The van der Waals surface area contributed by atoms with Gasteiger partial charge in [0.05, 0.1) is 19.0 Å². The molecule has 138 valence electrons. The summed E-state index contributed by atoms with van der Waals surface area (Å²) in [5.41, 5.74) is 0. The Morgan fingerprint density at radius 3 is 2.38 bits per heavy atom. The van der Waals surface area contributed by atoms with E-state index in [1.165, 1.54) is 6.26 Å². The first-order chi connectivity index (χ1) is 11.5. The van der Waals surface area contributed by atoms with Gasteiger partial charge in [-0.25, -0.2) is 0 Å². The van der Waals surface area contributed by atoms with Crippen molar-refractivity contribution in [3.63, 3.8) is 0 Å². The molecule has 2 aliphatic heterocycles. The monoisotopic (exact) mass is 348 g/mol. The molecule has 2 fully saturated rings. The van der Waals surface area contributed by atoms with Crippen LogP contribution in [0.2, 0.25) is 0 Å². The van der Waals surface area contributed by atoms with E-state index in [-0.39, 0.29) is 24.4 Å². The molecule has 9 heteroatoms. The largest absolute Gasteiger partial charge is 0.472 e. The second-order valence-electron chi connectivity index (χ2n) is 6.57. The van der Waals surface area contributed by atoms with Crippen molar-refractivity contribution in [3.8, 4) is 0 Å². The summed E-state index contributed by atoms with van der Waals surface area (Å²) in [4.78, 5) is 0. The number of ether oxygens (including phenoxy) is 3. The lowest BCUT2D eigenvalue weighted by Crippen LogP contribution is -2.60. The molecule has 0 spiro atoms. The summed E-state index contributed by atoms with van der Waals surface area (Å²) in [6.07, 6.45) is -4.99. The van der Waals surface area contributed by atoms with Gasteiger partial charge >= 0.3 is 0 Å². The minimum absolute atomic E-state index is 0.149. The first kappa shape index (κ1) is 18.0.